The number of fused-ring (bicyclic) bond motifs is 2. The van der Waals surface area contributed by atoms with Crippen LogP contribution in [0.5, 0.6) is 11.5 Å². The summed E-state index contributed by atoms with van der Waals surface area (Å²) in [5.74, 6) is 1.50. The Morgan fingerprint density at radius 1 is 1.34 bits per heavy atom. The van der Waals surface area contributed by atoms with Gasteiger partial charge in [-0.3, -0.25) is 14.2 Å². The molecule has 2 aromatic heterocycles. The molecule has 9 heteroatoms. The van der Waals surface area contributed by atoms with Crippen LogP contribution in [0.4, 0.5) is 0 Å². The minimum atomic E-state index is -0.104. The van der Waals surface area contributed by atoms with E-state index in [2.05, 4.69) is 10.3 Å². The monoisotopic (exact) mass is 431 g/mol. The summed E-state index contributed by atoms with van der Waals surface area (Å²) in [6, 6.07) is 7.56. The molecule has 0 spiro atoms. The summed E-state index contributed by atoms with van der Waals surface area (Å²) in [6.07, 6.45) is 0.865. The average Bonchev–Trinajstić information content (AvgIpc) is 3.37. The van der Waals surface area contributed by atoms with Crippen molar-refractivity contribution in [2.45, 2.75) is 38.0 Å². The zero-order valence-electron chi connectivity index (χ0n) is 16.1. The first-order valence-electron chi connectivity index (χ1n) is 9.34. The molecule has 1 atom stereocenters. The summed E-state index contributed by atoms with van der Waals surface area (Å²) in [5.41, 5.74) is 1.46. The van der Waals surface area contributed by atoms with E-state index in [0.717, 1.165) is 12.0 Å². The standard InChI is InChI=1S/C20H21N3O4S2/c1-3-12(2)21-17(24)10-29-20-22-14-6-7-28-18(14)19(25)23(20)9-13-4-5-15-16(8-13)27-11-26-15/h4-8,12H,3,9-11H2,1-2H3,(H,21,24). The third kappa shape index (κ3) is 4.25. The number of rotatable bonds is 7. The first kappa shape index (κ1) is 19.8. The fourth-order valence-corrected chi connectivity index (χ4v) is 4.53. The summed E-state index contributed by atoms with van der Waals surface area (Å²) >= 11 is 2.65. The molecule has 0 saturated carbocycles. The molecule has 1 aromatic carbocycles. The summed E-state index contributed by atoms with van der Waals surface area (Å²) in [7, 11) is 0. The second-order valence-corrected chi connectivity index (χ2v) is 8.63. The van der Waals surface area contributed by atoms with Crippen LogP contribution in [-0.2, 0) is 11.3 Å². The maximum Gasteiger partial charge on any atom is 0.272 e. The van der Waals surface area contributed by atoms with Crippen LogP contribution >= 0.6 is 23.1 Å². The minimum Gasteiger partial charge on any atom is -0.454 e. The van der Waals surface area contributed by atoms with Gasteiger partial charge in [-0.05, 0) is 42.5 Å². The number of carbonyl (C=O) groups is 1. The van der Waals surface area contributed by atoms with Crippen molar-refractivity contribution in [3.8, 4) is 11.5 Å². The lowest BCUT2D eigenvalue weighted by Gasteiger charge is -2.14. The number of thiophene rings is 1. The van der Waals surface area contributed by atoms with Gasteiger partial charge >= 0.3 is 0 Å². The van der Waals surface area contributed by atoms with Gasteiger partial charge in [-0.15, -0.1) is 11.3 Å². The van der Waals surface area contributed by atoms with Gasteiger partial charge in [0.1, 0.15) is 4.70 Å². The van der Waals surface area contributed by atoms with E-state index < -0.39 is 0 Å². The van der Waals surface area contributed by atoms with Crippen LogP contribution in [-0.4, -0.2) is 34.0 Å². The van der Waals surface area contributed by atoms with Gasteiger partial charge in [0.25, 0.3) is 5.56 Å². The van der Waals surface area contributed by atoms with Crippen molar-refractivity contribution >= 4 is 39.2 Å². The van der Waals surface area contributed by atoms with Crippen LogP contribution in [0.3, 0.4) is 0 Å². The van der Waals surface area contributed by atoms with Crippen molar-refractivity contribution in [1.29, 1.82) is 0 Å². The van der Waals surface area contributed by atoms with Crippen LogP contribution in [0.1, 0.15) is 25.8 Å². The Balaban J connectivity index is 1.62. The van der Waals surface area contributed by atoms with E-state index >= 15 is 0 Å². The predicted octanol–water partition coefficient (Wildman–Crippen LogP) is 3.24. The van der Waals surface area contributed by atoms with Gasteiger partial charge < -0.3 is 14.8 Å². The molecule has 7 nitrogen and oxygen atoms in total. The van der Waals surface area contributed by atoms with E-state index in [1.807, 2.05) is 43.5 Å². The van der Waals surface area contributed by atoms with E-state index in [0.29, 0.717) is 33.4 Å². The Labute approximate surface area is 176 Å². The van der Waals surface area contributed by atoms with Crippen molar-refractivity contribution < 1.29 is 14.3 Å². The maximum atomic E-state index is 13.1. The number of benzene rings is 1. The number of amides is 1. The highest BCUT2D eigenvalue weighted by molar-refractivity contribution is 7.99. The zero-order valence-corrected chi connectivity index (χ0v) is 17.8. The lowest BCUT2D eigenvalue weighted by molar-refractivity contribution is -0.119. The second-order valence-electron chi connectivity index (χ2n) is 6.77. The fraction of sp³-hybridized carbons (Fsp3) is 0.350. The van der Waals surface area contributed by atoms with Gasteiger partial charge in [-0.25, -0.2) is 4.98 Å². The molecule has 0 aliphatic carbocycles. The topological polar surface area (TPSA) is 82.5 Å². The van der Waals surface area contributed by atoms with Crippen molar-refractivity contribution in [2.24, 2.45) is 0 Å². The number of thioether (sulfide) groups is 1. The van der Waals surface area contributed by atoms with Crippen LogP contribution in [0.25, 0.3) is 10.2 Å². The Morgan fingerprint density at radius 3 is 3.00 bits per heavy atom. The van der Waals surface area contributed by atoms with Crippen LogP contribution in [0.15, 0.2) is 39.6 Å². The Bertz CT molecular complexity index is 1110. The van der Waals surface area contributed by atoms with Gasteiger partial charge in [-0.1, -0.05) is 24.8 Å². The number of nitrogens with one attached hydrogen (secondary N) is 1. The Kier molecular flexibility index (Phi) is 5.77. The molecule has 152 valence electrons. The van der Waals surface area contributed by atoms with E-state index in [1.54, 1.807) is 4.57 Å². The number of ether oxygens (including phenoxy) is 2. The lowest BCUT2D eigenvalue weighted by atomic mass is 10.2. The highest BCUT2D eigenvalue weighted by Crippen LogP contribution is 2.33. The molecule has 0 radical (unpaired) electrons. The van der Waals surface area contributed by atoms with Crippen molar-refractivity contribution in [3.05, 3.63) is 45.6 Å². The number of hydrogen-bond acceptors (Lipinski definition) is 7. The molecule has 0 bridgehead atoms. The molecule has 1 aliphatic heterocycles. The molecule has 0 saturated heterocycles. The summed E-state index contributed by atoms with van der Waals surface area (Å²) in [4.78, 5) is 29.9. The van der Waals surface area contributed by atoms with Crippen LogP contribution < -0.4 is 20.3 Å². The second kappa shape index (κ2) is 8.46. The lowest BCUT2D eigenvalue weighted by Crippen LogP contribution is -2.33. The molecule has 29 heavy (non-hydrogen) atoms. The molecular formula is C20H21N3O4S2. The SMILES string of the molecule is CCC(C)NC(=O)CSc1nc2ccsc2c(=O)n1Cc1ccc2c(c1)OCO2. The zero-order chi connectivity index (χ0) is 20.4. The molecule has 3 heterocycles. The molecule has 1 amide bonds. The van der Waals surface area contributed by atoms with E-state index in [1.165, 1.54) is 23.1 Å². The van der Waals surface area contributed by atoms with Gasteiger partial charge in [0, 0.05) is 6.04 Å². The van der Waals surface area contributed by atoms with Crippen LogP contribution in [0.2, 0.25) is 0 Å². The highest BCUT2D eigenvalue weighted by atomic mass is 32.2. The number of hydrogen-bond donors (Lipinski definition) is 1. The Hall–Kier alpha value is -2.52. The van der Waals surface area contributed by atoms with Gasteiger partial charge in [-0.2, -0.15) is 0 Å². The smallest absolute Gasteiger partial charge is 0.272 e. The largest absolute Gasteiger partial charge is 0.454 e. The third-order valence-corrected chi connectivity index (χ3v) is 6.53. The van der Waals surface area contributed by atoms with Crippen molar-refractivity contribution in [1.82, 2.24) is 14.9 Å². The minimum absolute atomic E-state index is 0.0707. The quantitative estimate of drug-likeness (QED) is 0.457. The average molecular weight is 432 g/mol. The number of nitrogens with zero attached hydrogens (tertiary/aromatic N) is 2. The molecule has 3 aromatic rings. The number of carbonyl (C=O) groups excluding carboxylic acids is 1. The summed E-state index contributed by atoms with van der Waals surface area (Å²) < 4.78 is 13.0. The van der Waals surface area contributed by atoms with Crippen LogP contribution in [0, 0.1) is 0 Å². The van der Waals surface area contributed by atoms with Crippen molar-refractivity contribution in [2.75, 3.05) is 12.5 Å². The highest BCUT2D eigenvalue weighted by Gasteiger charge is 2.17. The summed E-state index contributed by atoms with van der Waals surface area (Å²) in [6.45, 7) is 4.53. The van der Waals surface area contributed by atoms with E-state index in [4.69, 9.17) is 9.47 Å². The van der Waals surface area contributed by atoms with Gasteiger partial charge in [0.15, 0.2) is 16.7 Å². The first-order valence-corrected chi connectivity index (χ1v) is 11.2. The van der Waals surface area contributed by atoms with Crippen molar-refractivity contribution in [3.63, 3.8) is 0 Å². The van der Waals surface area contributed by atoms with E-state index in [9.17, 15) is 9.59 Å². The molecule has 1 N–H and O–H groups in total. The molecule has 1 unspecified atom stereocenters. The number of aromatic nitrogens is 2. The molecule has 4 rings (SSSR count). The first-order chi connectivity index (χ1) is 14.0. The van der Waals surface area contributed by atoms with E-state index in [-0.39, 0.29) is 30.1 Å². The normalized spacial score (nSPS) is 13.6. The van der Waals surface area contributed by atoms with Gasteiger partial charge in [0.2, 0.25) is 12.7 Å². The Morgan fingerprint density at radius 2 is 2.17 bits per heavy atom. The summed E-state index contributed by atoms with van der Waals surface area (Å²) in [5, 5.41) is 5.32. The maximum absolute atomic E-state index is 13.1. The molecule has 0 fully saturated rings. The van der Waals surface area contributed by atoms with Gasteiger partial charge in [0.05, 0.1) is 17.8 Å². The predicted molar refractivity (Wildman–Crippen MR) is 114 cm³/mol. The molecule has 1 aliphatic rings. The molecular weight excluding hydrogens is 410 g/mol. The third-order valence-electron chi connectivity index (χ3n) is 4.66. The fourth-order valence-electron chi connectivity index (χ4n) is 2.94.